The molecule has 1 N–H and O–H groups in total. The molecule has 3 rings (SSSR count). The number of hydrogen-bond acceptors (Lipinski definition) is 4. The molecule has 0 saturated carbocycles. The van der Waals surface area contributed by atoms with Crippen LogP contribution in [0.25, 0.3) is 0 Å². The van der Waals surface area contributed by atoms with Crippen molar-refractivity contribution in [2.75, 3.05) is 20.8 Å². The number of nitrogens with one attached hydrogen (secondary N) is 1. The monoisotopic (exact) mass is 509 g/mol. The Morgan fingerprint density at radius 2 is 1.61 bits per heavy atom. The predicted octanol–water partition coefficient (Wildman–Crippen LogP) is 5.94. The lowest BCUT2D eigenvalue weighted by atomic mass is 10.1. The molecule has 0 atom stereocenters. The van der Waals surface area contributed by atoms with Crippen LogP contribution in [0, 0.1) is 5.82 Å². The summed E-state index contributed by atoms with van der Waals surface area (Å²) in [6, 6.07) is 18.3. The maximum Gasteiger partial charge on any atom is 0.175 e. The molecule has 0 heterocycles. The molecule has 0 aliphatic rings. The molecule has 0 amide bonds. The Morgan fingerprint density at radius 1 is 0.903 bits per heavy atom. The van der Waals surface area contributed by atoms with E-state index >= 15 is 0 Å². The van der Waals surface area contributed by atoms with Crippen LogP contribution in [-0.2, 0) is 19.6 Å². The number of rotatable bonds is 10. The Hall–Kier alpha value is -2.28. The lowest BCUT2D eigenvalue weighted by Gasteiger charge is -2.15. The third kappa shape index (κ3) is 7.13. The molecule has 3 aromatic carbocycles. The second-order valence-corrected chi connectivity index (χ2v) is 7.62. The number of benzene rings is 3. The quantitative estimate of drug-likeness (QED) is 0.343. The van der Waals surface area contributed by atoms with Gasteiger partial charge in [0.05, 0.1) is 18.7 Å². The van der Waals surface area contributed by atoms with Gasteiger partial charge in [0.1, 0.15) is 18.2 Å². The Labute approximate surface area is 197 Å². The first-order valence-electron chi connectivity index (χ1n) is 9.67. The van der Waals surface area contributed by atoms with Crippen LogP contribution in [0.2, 0.25) is 0 Å². The summed E-state index contributed by atoms with van der Waals surface area (Å²) in [5.74, 6) is 1.92. The maximum absolute atomic E-state index is 13.1. The van der Waals surface area contributed by atoms with Crippen LogP contribution in [0.1, 0.15) is 16.7 Å². The van der Waals surface area contributed by atoms with Crippen molar-refractivity contribution in [3.63, 3.8) is 0 Å². The van der Waals surface area contributed by atoms with E-state index in [2.05, 4.69) is 27.3 Å². The number of methoxy groups -OCH3 is 2. The zero-order valence-electron chi connectivity index (χ0n) is 17.5. The van der Waals surface area contributed by atoms with Crippen LogP contribution < -0.4 is 19.5 Å². The topological polar surface area (TPSA) is 39.7 Å². The number of halogens is 3. The van der Waals surface area contributed by atoms with Crippen molar-refractivity contribution in [3.8, 4) is 17.2 Å². The SMILES string of the molecule is COc1ccccc1CCNCc1cc(Br)c(OCc2ccc(F)cc2)c(OC)c1.Cl. The van der Waals surface area contributed by atoms with E-state index in [0.717, 1.165) is 34.3 Å². The molecule has 0 saturated heterocycles. The van der Waals surface area contributed by atoms with E-state index in [1.165, 1.54) is 17.7 Å². The highest BCUT2D eigenvalue weighted by Crippen LogP contribution is 2.37. The summed E-state index contributed by atoms with van der Waals surface area (Å²) in [5.41, 5.74) is 3.14. The molecule has 31 heavy (non-hydrogen) atoms. The van der Waals surface area contributed by atoms with E-state index in [4.69, 9.17) is 14.2 Å². The van der Waals surface area contributed by atoms with Crippen molar-refractivity contribution in [3.05, 3.63) is 87.6 Å². The van der Waals surface area contributed by atoms with Crippen LogP contribution in [0.4, 0.5) is 4.39 Å². The average molecular weight is 511 g/mol. The summed E-state index contributed by atoms with van der Waals surface area (Å²) in [6.45, 7) is 1.84. The molecular formula is C24H26BrClFNO3. The Kier molecular flexibility index (Phi) is 10.1. The van der Waals surface area contributed by atoms with Gasteiger partial charge >= 0.3 is 0 Å². The molecule has 166 valence electrons. The molecule has 0 aliphatic heterocycles. The van der Waals surface area contributed by atoms with Gasteiger partial charge in [-0.2, -0.15) is 0 Å². The van der Waals surface area contributed by atoms with Gasteiger partial charge in [0.15, 0.2) is 11.5 Å². The van der Waals surface area contributed by atoms with Crippen LogP contribution in [0.5, 0.6) is 17.2 Å². The van der Waals surface area contributed by atoms with Crippen LogP contribution in [0.15, 0.2) is 65.1 Å². The van der Waals surface area contributed by atoms with Gasteiger partial charge in [0.2, 0.25) is 0 Å². The van der Waals surface area contributed by atoms with Gasteiger partial charge in [-0.1, -0.05) is 30.3 Å². The molecule has 0 aromatic heterocycles. The lowest BCUT2D eigenvalue weighted by Crippen LogP contribution is -2.17. The number of ether oxygens (including phenoxy) is 3. The summed E-state index contributed by atoms with van der Waals surface area (Å²) in [4.78, 5) is 0. The van der Waals surface area contributed by atoms with Gasteiger partial charge < -0.3 is 19.5 Å². The van der Waals surface area contributed by atoms with Crippen molar-refractivity contribution in [2.45, 2.75) is 19.6 Å². The van der Waals surface area contributed by atoms with Crippen molar-refractivity contribution < 1.29 is 18.6 Å². The highest BCUT2D eigenvalue weighted by molar-refractivity contribution is 9.10. The zero-order valence-corrected chi connectivity index (χ0v) is 19.9. The van der Waals surface area contributed by atoms with Crippen LogP contribution >= 0.6 is 28.3 Å². The first-order valence-corrected chi connectivity index (χ1v) is 10.5. The third-order valence-corrected chi connectivity index (χ3v) is 5.27. The van der Waals surface area contributed by atoms with Crippen molar-refractivity contribution in [2.24, 2.45) is 0 Å². The summed E-state index contributed by atoms with van der Waals surface area (Å²) < 4.78 is 30.7. The van der Waals surface area contributed by atoms with E-state index in [1.807, 2.05) is 30.3 Å². The van der Waals surface area contributed by atoms with E-state index in [-0.39, 0.29) is 18.2 Å². The van der Waals surface area contributed by atoms with Gasteiger partial charge in [0, 0.05) is 6.54 Å². The molecule has 0 fully saturated rings. The van der Waals surface area contributed by atoms with Crippen molar-refractivity contribution in [1.82, 2.24) is 5.32 Å². The summed E-state index contributed by atoms with van der Waals surface area (Å²) in [6.07, 6.45) is 0.876. The molecule has 0 bridgehead atoms. The molecule has 0 aliphatic carbocycles. The molecule has 4 nitrogen and oxygen atoms in total. The fourth-order valence-corrected chi connectivity index (χ4v) is 3.72. The van der Waals surface area contributed by atoms with Gasteiger partial charge in [-0.25, -0.2) is 4.39 Å². The highest BCUT2D eigenvalue weighted by atomic mass is 79.9. The summed E-state index contributed by atoms with van der Waals surface area (Å²) in [7, 11) is 3.31. The number of hydrogen-bond donors (Lipinski definition) is 1. The van der Waals surface area contributed by atoms with Crippen molar-refractivity contribution in [1.29, 1.82) is 0 Å². The first-order chi connectivity index (χ1) is 14.6. The Morgan fingerprint density at radius 3 is 2.32 bits per heavy atom. The maximum atomic E-state index is 13.1. The Bertz CT molecular complexity index is 970. The first kappa shape index (κ1) is 25.0. The second-order valence-electron chi connectivity index (χ2n) is 6.76. The fraction of sp³-hybridized carbons (Fsp3) is 0.250. The van der Waals surface area contributed by atoms with E-state index < -0.39 is 0 Å². The van der Waals surface area contributed by atoms with Crippen LogP contribution in [0.3, 0.4) is 0 Å². The standard InChI is InChI=1S/C24H25BrFNO3.ClH/c1-28-22-6-4-3-5-19(22)11-12-27-15-18-13-21(25)24(23(14-18)29-2)30-16-17-7-9-20(26)10-8-17;/h3-10,13-14,27H,11-12,15-16H2,1-2H3;1H. The molecule has 7 heteroatoms. The van der Waals surface area contributed by atoms with Gasteiger partial charge in [-0.15, -0.1) is 12.4 Å². The predicted molar refractivity (Wildman–Crippen MR) is 127 cm³/mol. The smallest absolute Gasteiger partial charge is 0.175 e. The Balaban J connectivity index is 0.00000341. The summed E-state index contributed by atoms with van der Waals surface area (Å²) in [5, 5.41) is 3.45. The third-order valence-electron chi connectivity index (χ3n) is 4.68. The van der Waals surface area contributed by atoms with Gasteiger partial charge in [0.25, 0.3) is 0 Å². The molecule has 0 unspecified atom stereocenters. The van der Waals surface area contributed by atoms with E-state index in [1.54, 1.807) is 26.4 Å². The fourth-order valence-electron chi connectivity index (χ4n) is 3.12. The minimum atomic E-state index is -0.264. The molecular weight excluding hydrogens is 485 g/mol. The largest absolute Gasteiger partial charge is 0.496 e. The van der Waals surface area contributed by atoms with E-state index in [0.29, 0.717) is 24.7 Å². The molecule has 3 aromatic rings. The van der Waals surface area contributed by atoms with Gasteiger partial charge in [-0.3, -0.25) is 0 Å². The zero-order chi connectivity index (χ0) is 21.3. The molecule has 0 spiro atoms. The minimum absolute atomic E-state index is 0. The average Bonchev–Trinajstić information content (AvgIpc) is 2.77. The van der Waals surface area contributed by atoms with Crippen LogP contribution in [-0.4, -0.2) is 20.8 Å². The summed E-state index contributed by atoms with van der Waals surface area (Å²) >= 11 is 3.58. The second kappa shape index (κ2) is 12.5. The number of para-hydroxylation sites is 1. The lowest BCUT2D eigenvalue weighted by molar-refractivity contribution is 0.282. The normalized spacial score (nSPS) is 10.3. The highest BCUT2D eigenvalue weighted by Gasteiger charge is 2.12. The molecule has 0 radical (unpaired) electrons. The van der Waals surface area contributed by atoms with Gasteiger partial charge in [-0.05, 0) is 75.9 Å². The van der Waals surface area contributed by atoms with Crippen molar-refractivity contribution >= 4 is 28.3 Å². The minimum Gasteiger partial charge on any atom is -0.496 e. The van der Waals surface area contributed by atoms with E-state index in [9.17, 15) is 4.39 Å².